The second-order valence-electron chi connectivity index (χ2n) is 6.67. The van der Waals surface area contributed by atoms with Crippen LogP contribution < -0.4 is 14.8 Å². The molecule has 2 aliphatic rings. The maximum absolute atomic E-state index is 12.8. The van der Waals surface area contributed by atoms with Crippen molar-refractivity contribution in [2.75, 3.05) is 12.1 Å². The summed E-state index contributed by atoms with van der Waals surface area (Å²) in [5.74, 6) is 1.56. The Hall–Kier alpha value is -2.99. The molecular formula is C20H16ClN3O3. The van der Waals surface area contributed by atoms with Gasteiger partial charge in [-0.1, -0.05) is 17.7 Å². The average molecular weight is 382 g/mol. The van der Waals surface area contributed by atoms with Gasteiger partial charge < -0.3 is 14.8 Å². The van der Waals surface area contributed by atoms with Gasteiger partial charge in [-0.25, -0.2) is 0 Å². The molecule has 1 aliphatic carbocycles. The fourth-order valence-electron chi connectivity index (χ4n) is 3.22. The molecule has 7 heteroatoms. The molecule has 136 valence electrons. The SMILES string of the molecule is O=C(Nc1c(-c2ccc3c(c2)OCO3)n[nH]c1C1CC1)c1cccc(Cl)c1. The van der Waals surface area contributed by atoms with E-state index < -0.39 is 0 Å². The molecule has 0 unspecified atom stereocenters. The van der Waals surface area contributed by atoms with Crippen LogP contribution in [0.4, 0.5) is 5.69 Å². The fourth-order valence-corrected chi connectivity index (χ4v) is 3.41. The number of carbonyl (C=O) groups is 1. The Morgan fingerprint density at radius 2 is 2.00 bits per heavy atom. The standard InChI is InChI=1S/C20H16ClN3O3/c21-14-3-1-2-13(8-14)20(25)22-19-17(11-4-5-11)23-24-18(19)12-6-7-15-16(9-12)27-10-26-15/h1-3,6-9,11H,4-5,10H2,(H,22,25)(H,23,24). The lowest BCUT2D eigenvalue weighted by atomic mass is 10.1. The Kier molecular flexibility index (Phi) is 3.79. The lowest BCUT2D eigenvalue weighted by Gasteiger charge is -2.09. The zero-order chi connectivity index (χ0) is 18.4. The van der Waals surface area contributed by atoms with Crippen molar-refractivity contribution in [1.29, 1.82) is 0 Å². The fraction of sp³-hybridized carbons (Fsp3) is 0.200. The van der Waals surface area contributed by atoms with E-state index in [0.717, 1.165) is 24.1 Å². The van der Waals surface area contributed by atoms with Crippen LogP contribution in [0.3, 0.4) is 0 Å². The number of ether oxygens (including phenoxy) is 2. The number of H-pyrrole nitrogens is 1. The quantitative estimate of drug-likeness (QED) is 0.693. The molecule has 1 aliphatic heterocycles. The predicted molar refractivity (Wildman–Crippen MR) is 102 cm³/mol. The number of rotatable bonds is 4. The summed E-state index contributed by atoms with van der Waals surface area (Å²) in [6.07, 6.45) is 2.17. The van der Waals surface area contributed by atoms with Crippen molar-refractivity contribution in [3.8, 4) is 22.8 Å². The van der Waals surface area contributed by atoms with Crippen LogP contribution in [0.1, 0.15) is 34.8 Å². The molecular weight excluding hydrogens is 366 g/mol. The van der Waals surface area contributed by atoms with E-state index in [4.69, 9.17) is 21.1 Å². The molecule has 2 aromatic carbocycles. The molecule has 5 rings (SSSR count). The van der Waals surface area contributed by atoms with Gasteiger partial charge >= 0.3 is 0 Å². The Bertz CT molecular complexity index is 1040. The molecule has 2 N–H and O–H groups in total. The first kappa shape index (κ1) is 16.2. The van der Waals surface area contributed by atoms with E-state index >= 15 is 0 Å². The number of anilines is 1. The van der Waals surface area contributed by atoms with Crippen LogP contribution >= 0.6 is 11.6 Å². The number of aromatic amines is 1. The summed E-state index contributed by atoms with van der Waals surface area (Å²) < 4.78 is 10.8. The van der Waals surface area contributed by atoms with Crippen LogP contribution in [0, 0.1) is 0 Å². The van der Waals surface area contributed by atoms with Gasteiger partial charge in [-0.3, -0.25) is 9.89 Å². The van der Waals surface area contributed by atoms with Gasteiger partial charge in [0.2, 0.25) is 6.79 Å². The Labute approximate surface area is 160 Å². The van der Waals surface area contributed by atoms with E-state index in [-0.39, 0.29) is 12.7 Å². The Morgan fingerprint density at radius 1 is 1.15 bits per heavy atom. The molecule has 1 saturated carbocycles. The summed E-state index contributed by atoms with van der Waals surface area (Å²) in [5, 5.41) is 11.1. The lowest BCUT2D eigenvalue weighted by molar-refractivity contribution is 0.102. The van der Waals surface area contributed by atoms with E-state index in [9.17, 15) is 4.79 Å². The van der Waals surface area contributed by atoms with Crippen LogP contribution in [0.25, 0.3) is 11.3 Å². The highest BCUT2D eigenvalue weighted by Crippen LogP contribution is 2.46. The second-order valence-corrected chi connectivity index (χ2v) is 7.10. The van der Waals surface area contributed by atoms with Gasteiger partial charge in [-0.05, 0) is 49.2 Å². The minimum absolute atomic E-state index is 0.213. The predicted octanol–water partition coefficient (Wildman–Crippen LogP) is 4.59. The van der Waals surface area contributed by atoms with E-state index in [1.807, 2.05) is 18.2 Å². The van der Waals surface area contributed by atoms with Crippen LogP contribution in [0.15, 0.2) is 42.5 Å². The summed E-state index contributed by atoms with van der Waals surface area (Å²) in [6, 6.07) is 12.5. The number of carbonyl (C=O) groups excluding carboxylic acids is 1. The molecule has 0 radical (unpaired) electrons. The van der Waals surface area contributed by atoms with Gasteiger partial charge in [0, 0.05) is 22.1 Å². The molecule has 1 aromatic heterocycles. The number of amides is 1. The third-order valence-corrected chi connectivity index (χ3v) is 4.99. The Morgan fingerprint density at radius 3 is 2.81 bits per heavy atom. The zero-order valence-corrected chi connectivity index (χ0v) is 15.0. The lowest BCUT2D eigenvalue weighted by Crippen LogP contribution is -2.13. The van der Waals surface area contributed by atoms with Gasteiger partial charge in [0.25, 0.3) is 5.91 Å². The van der Waals surface area contributed by atoms with Gasteiger partial charge in [0.15, 0.2) is 11.5 Å². The third kappa shape index (κ3) is 3.02. The summed E-state index contributed by atoms with van der Waals surface area (Å²) in [5.41, 5.74) is 3.70. The second kappa shape index (κ2) is 6.32. The summed E-state index contributed by atoms with van der Waals surface area (Å²) in [6.45, 7) is 0.213. The number of halogens is 1. The molecule has 0 atom stereocenters. The molecule has 0 spiro atoms. The number of aromatic nitrogens is 2. The van der Waals surface area contributed by atoms with Crippen LogP contribution in [0.5, 0.6) is 11.5 Å². The van der Waals surface area contributed by atoms with Gasteiger partial charge in [-0.15, -0.1) is 0 Å². The van der Waals surface area contributed by atoms with Gasteiger partial charge in [-0.2, -0.15) is 5.10 Å². The first-order chi connectivity index (χ1) is 13.2. The van der Waals surface area contributed by atoms with Gasteiger partial charge in [0.1, 0.15) is 5.69 Å². The number of fused-ring (bicyclic) bond motifs is 1. The summed E-state index contributed by atoms with van der Waals surface area (Å²) in [4.78, 5) is 12.8. The molecule has 0 bridgehead atoms. The maximum Gasteiger partial charge on any atom is 0.255 e. The van der Waals surface area contributed by atoms with Crippen molar-refractivity contribution < 1.29 is 14.3 Å². The van der Waals surface area contributed by atoms with Crippen molar-refractivity contribution in [3.05, 3.63) is 58.7 Å². The van der Waals surface area contributed by atoms with Crippen molar-refractivity contribution in [2.24, 2.45) is 0 Å². The third-order valence-electron chi connectivity index (χ3n) is 4.75. The monoisotopic (exact) mass is 381 g/mol. The largest absolute Gasteiger partial charge is 0.454 e. The summed E-state index contributed by atoms with van der Waals surface area (Å²) >= 11 is 6.02. The first-order valence-corrected chi connectivity index (χ1v) is 9.12. The van der Waals surface area contributed by atoms with E-state index in [1.165, 1.54) is 0 Å². The minimum atomic E-state index is -0.220. The minimum Gasteiger partial charge on any atom is -0.454 e. The normalized spacial score (nSPS) is 15.0. The van der Waals surface area contributed by atoms with Crippen LogP contribution in [0.2, 0.25) is 5.02 Å². The molecule has 27 heavy (non-hydrogen) atoms. The number of benzene rings is 2. The Balaban J connectivity index is 1.53. The van der Waals surface area contributed by atoms with Crippen molar-refractivity contribution in [2.45, 2.75) is 18.8 Å². The van der Waals surface area contributed by atoms with E-state index in [1.54, 1.807) is 24.3 Å². The van der Waals surface area contributed by atoms with E-state index in [2.05, 4.69) is 15.5 Å². The average Bonchev–Trinajstić information content (AvgIpc) is 3.26. The molecule has 6 nitrogen and oxygen atoms in total. The smallest absolute Gasteiger partial charge is 0.255 e. The highest BCUT2D eigenvalue weighted by atomic mass is 35.5. The van der Waals surface area contributed by atoms with Gasteiger partial charge in [0.05, 0.1) is 11.4 Å². The number of nitrogens with zero attached hydrogens (tertiary/aromatic N) is 1. The number of hydrogen-bond donors (Lipinski definition) is 2. The number of nitrogens with one attached hydrogen (secondary N) is 2. The van der Waals surface area contributed by atoms with Crippen LogP contribution in [-0.2, 0) is 0 Å². The molecule has 3 aromatic rings. The molecule has 2 heterocycles. The van der Waals surface area contributed by atoms with Crippen molar-refractivity contribution in [1.82, 2.24) is 10.2 Å². The topological polar surface area (TPSA) is 76.2 Å². The first-order valence-electron chi connectivity index (χ1n) is 8.74. The van der Waals surface area contributed by atoms with Crippen LogP contribution in [-0.4, -0.2) is 22.9 Å². The summed E-state index contributed by atoms with van der Waals surface area (Å²) in [7, 11) is 0. The van der Waals surface area contributed by atoms with Crippen molar-refractivity contribution >= 4 is 23.2 Å². The van der Waals surface area contributed by atoms with Crippen molar-refractivity contribution in [3.63, 3.8) is 0 Å². The molecule has 0 saturated heterocycles. The molecule has 1 fully saturated rings. The highest BCUT2D eigenvalue weighted by Gasteiger charge is 2.31. The zero-order valence-electron chi connectivity index (χ0n) is 14.3. The highest BCUT2D eigenvalue weighted by molar-refractivity contribution is 6.31. The number of hydrogen-bond acceptors (Lipinski definition) is 4. The molecule has 1 amide bonds. The maximum atomic E-state index is 12.8. The van der Waals surface area contributed by atoms with E-state index in [0.29, 0.717) is 39.4 Å².